The van der Waals surface area contributed by atoms with E-state index in [0.29, 0.717) is 6.42 Å². The van der Waals surface area contributed by atoms with Crippen LogP contribution in [0.1, 0.15) is 55.9 Å². The molecule has 0 aliphatic carbocycles. The summed E-state index contributed by atoms with van der Waals surface area (Å²) in [5.74, 6) is 0.222. The van der Waals surface area contributed by atoms with Crippen molar-refractivity contribution >= 4 is 5.78 Å². The highest BCUT2D eigenvalue weighted by Gasteiger charge is 2.37. The number of hydrogen-bond acceptors (Lipinski definition) is 3. The van der Waals surface area contributed by atoms with Crippen molar-refractivity contribution in [2.45, 2.75) is 52.2 Å². The van der Waals surface area contributed by atoms with Gasteiger partial charge in [0.1, 0.15) is 5.78 Å². The molecule has 3 heteroatoms. The molecule has 1 aliphatic rings. The van der Waals surface area contributed by atoms with E-state index < -0.39 is 0 Å². The van der Waals surface area contributed by atoms with Crippen LogP contribution in [0.5, 0.6) is 0 Å². The van der Waals surface area contributed by atoms with E-state index in [1.807, 2.05) is 6.92 Å². The Morgan fingerprint density at radius 1 is 1.40 bits per heavy atom. The van der Waals surface area contributed by atoms with Crippen molar-refractivity contribution in [3.05, 3.63) is 34.9 Å². The predicted octanol–water partition coefficient (Wildman–Crippen LogP) is 3.15. The molecule has 0 amide bonds. The molecule has 1 aliphatic heterocycles. The fourth-order valence-electron chi connectivity index (χ4n) is 3.07. The molecule has 0 aromatic heterocycles. The number of aliphatic hydroxyl groups excluding tert-OH is 1. The second kappa shape index (κ2) is 6.06. The topological polar surface area (TPSA) is 46.5 Å². The summed E-state index contributed by atoms with van der Waals surface area (Å²) in [6.07, 6.45) is 0.349. The van der Waals surface area contributed by atoms with Crippen LogP contribution in [-0.2, 0) is 9.53 Å². The first-order chi connectivity index (χ1) is 9.45. The molecule has 4 atom stereocenters. The molecule has 20 heavy (non-hydrogen) atoms. The zero-order valence-electron chi connectivity index (χ0n) is 12.7. The van der Waals surface area contributed by atoms with Crippen LogP contribution in [0.2, 0.25) is 0 Å². The van der Waals surface area contributed by atoms with Gasteiger partial charge in [-0.3, -0.25) is 4.79 Å². The summed E-state index contributed by atoms with van der Waals surface area (Å²) in [5, 5.41) is 9.27. The number of carbonyl (C=O) groups excluding carboxylic acids is 1. The molecule has 1 aromatic carbocycles. The highest BCUT2D eigenvalue weighted by Crippen LogP contribution is 2.42. The van der Waals surface area contributed by atoms with Crippen molar-refractivity contribution in [1.82, 2.24) is 0 Å². The van der Waals surface area contributed by atoms with Gasteiger partial charge in [-0.25, -0.2) is 0 Å². The van der Waals surface area contributed by atoms with E-state index >= 15 is 0 Å². The SMILES string of the molecule is CC(=O)C(C)[C@@H]1O[C@H](CCO)c2cc(C)ccc2[C@@H]1C. The summed E-state index contributed by atoms with van der Waals surface area (Å²) in [4.78, 5) is 11.7. The standard InChI is InChI=1S/C17H24O3/c1-10-5-6-14-12(3)17(11(2)13(4)19)20-16(7-8-18)15(14)9-10/h5-6,9,11-12,16-18H,7-8H2,1-4H3/t11?,12-,16+,17-/m0/s1. The van der Waals surface area contributed by atoms with Crippen molar-refractivity contribution in [3.63, 3.8) is 0 Å². The molecule has 0 saturated carbocycles. The maximum Gasteiger partial charge on any atom is 0.135 e. The van der Waals surface area contributed by atoms with Gasteiger partial charge in [-0.1, -0.05) is 37.6 Å². The van der Waals surface area contributed by atoms with Crippen molar-refractivity contribution < 1.29 is 14.6 Å². The van der Waals surface area contributed by atoms with Crippen LogP contribution in [0.4, 0.5) is 0 Å². The fraction of sp³-hybridized carbons (Fsp3) is 0.588. The average Bonchev–Trinajstić information content (AvgIpc) is 2.41. The van der Waals surface area contributed by atoms with Gasteiger partial charge in [0, 0.05) is 24.9 Å². The number of ketones is 1. The Bertz CT molecular complexity index is 495. The first-order valence-electron chi connectivity index (χ1n) is 7.33. The summed E-state index contributed by atoms with van der Waals surface area (Å²) < 4.78 is 6.16. The van der Waals surface area contributed by atoms with E-state index in [4.69, 9.17) is 4.74 Å². The summed E-state index contributed by atoms with van der Waals surface area (Å²) in [6, 6.07) is 6.38. The van der Waals surface area contributed by atoms with Crippen LogP contribution in [-0.4, -0.2) is 23.6 Å². The van der Waals surface area contributed by atoms with Crippen molar-refractivity contribution in [2.75, 3.05) is 6.61 Å². The van der Waals surface area contributed by atoms with Gasteiger partial charge in [0.25, 0.3) is 0 Å². The maximum absolute atomic E-state index is 11.7. The number of rotatable bonds is 4. The molecule has 0 saturated heterocycles. The van der Waals surface area contributed by atoms with E-state index in [9.17, 15) is 9.90 Å². The van der Waals surface area contributed by atoms with Crippen LogP contribution >= 0.6 is 0 Å². The zero-order chi connectivity index (χ0) is 14.9. The van der Waals surface area contributed by atoms with Gasteiger partial charge in [-0.05, 0) is 25.0 Å². The minimum absolute atomic E-state index is 0.0909. The molecule has 0 fully saturated rings. The molecule has 1 aromatic rings. The number of ether oxygens (including phenoxy) is 1. The van der Waals surface area contributed by atoms with E-state index in [2.05, 4.69) is 32.0 Å². The third-order valence-electron chi connectivity index (χ3n) is 4.42. The van der Waals surface area contributed by atoms with Crippen molar-refractivity contribution in [1.29, 1.82) is 0 Å². The summed E-state index contributed by atoms with van der Waals surface area (Å²) in [6.45, 7) is 7.82. The third kappa shape index (κ3) is 2.79. The monoisotopic (exact) mass is 276 g/mol. The number of aliphatic hydroxyl groups is 1. The molecule has 0 bridgehead atoms. The number of carbonyl (C=O) groups is 1. The van der Waals surface area contributed by atoms with Crippen molar-refractivity contribution in [2.24, 2.45) is 5.92 Å². The molecule has 1 N–H and O–H groups in total. The van der Waals surface area contributed by atoms with Gasteiger partial charge in [-0.15, -0.1) is 0 Å². The molecule has 0 radical (unpaired) electrons. The first-order valence-corrected chi connectivity index (χ1v) is 7.33. The lowest BCUT2D eigenvalue weighted by molar-refractivity contribution is -0.131. The Labute approximate surface area is 121 Å². The molecule has 1 heterocycles. The second-order valence-electron chi connectivity index (χ2n) is 5.92. The Kier molecular flexibility index (Phi) is 4.61. The summed E-state index contributed by atoms with van der Waals surface area (Å²) >= 11 is 0. The molecule has 1 unspecified atom stereocenters. The van der Waals surface area contributed by atoms with Crippen LogP contribution in [0.25, 0.3) is 0 Å². The van der Waals surface area contributed by atoms with E-state index in [1.54, 1.807) is 6.92 Å². The van der Waals surface area contributed by atoms with Crippen LogP contribution in [0, 0.1) is 12.8 Å². The van der Waals surface area contributed by atoms with Gasteiger partial charge in [0.2, 0.25) is 0 Å². The lowest BCUT2D eigenvalue weighted by Gasteiger charge is -2.39. The van der Waals surface area contributed by atoms with E-state index in [-0.39, 0.29) is 36.4 Å². The second-order valence-corrected chi connectivity index (χ2v) is 5.92. The van der Waals surface area contributed by atoms with E-state index in [1.165, 1.54) is 16.7 Å². The van der Waals surface area contributed by atoms with Crippen LogP contribution < -0.4 is 0 Å². The normalized spacial score (nSPS) is 26.9. The Morgan fingerprint density at radius 3 is 2.70 bits per heavy atom. The van der Waals surface area contributed by atoms with Gasteiger partial charge in [0.15, 0.2) is 0 Å². The van der Waals surface area contributed by atoms with Crippen LogP contribution in [0.3, 0.4) is 0 Å². The fourth-order valence-corrected chi connectivity index (χ4v) is 3.07. The predicted molar refractivity (Wildman–Crippen MR) is 78.8 cm³/mol. The smallest absolute Gasteiger partial charge is 0.135 e. The lowest BCUT2D eigenvalue weighted by atomic mass is 9.79. The number of hydrogen-bond donors (Lipinski definition) is 1. The molecule has 3 nitrogen and oxygen atoms in total. The largest absolute Gasteiger partial charge is 0.396 e. The summed E-state index contributed by atoms with van der Waals surface area (Å²) in [5.41, 5.74) is 3.61. The highest BCUT2D eigenvalue weighted by molar-refractivity contribution is 5.78. The number of benzene rings is 1. The number of Topliss-reactive ketones (excluding diaryl/α,β-unsaturated/α-hetero) is 1. The first kappa shape index (κ1) is 15.2. The van der Waals surface area contributed by atoms with Gasteiger partial charge in [0.05, 0.1) is 12.2 Å². The average molecular weight is 276 g/mol. The third-order valence-corrected chi connectivity index (χ3v) is 4.42. The minimum atomic E-state index is -0.124. The van der Waals surface area contributed by atoms with Crippen molar-refractivity contribution in [3.8, 4) is 0 Å². The van der Waals surface area contributed by atoms with Gasteiger partial charge in [-0.2, -0.15) is 0 Å². The quantitative estimate of drug-likeness (QED) is 0.919. The number of aryl methyl sites for hydroxylation is 1. The number of fused-ring (bicyclic) bond motifs is 1. The highest BCUT2D eigenvalue weighted by atomic mass is 16.5. The van der Waals surface area contributed by atoms with E-state index in [0.717, 1.165) is 0 Å². The zero-order valence-corrected chi connectivity index (χ0v) is 12.7. The molecular weight excluding hydrogens is 252 g/mol. The molecular formula is C17H24O3. The minimum Gasteiger partial charge on any atom is -0.396 e. The maximum atomic E-state index is 11.7. The summed E-state index contributed by atoms with van der Waals surface area (Å²) in [7, 11) is 0. The Balaban J connectivity index is 2.40. The molecule has 0 spiro atoms. The molecule has 110 valence electrons. The Morgan fingerprint density at radius 2 is 2.10 bits per heavy atom. The van der Waals surface area contributed by atoms with Gasteiger partial charge >= 0.3 is 0 Å². The lowest BCUT2D eigenvalue weighted by Crippen LogP contribution is -2.37. The van der Waals surface area contributed by atoms with Gasteiger partial charge < -0.3 is 9.84 Å². The molecule has 2 rings (SSSR count). The van der Waals surface area contributed by atoms with Crippen LogP contribution in [0.15, 0.2) is 18.2 Å². The Hall–Kier alpha value is -1.19.